The lowest BCUT2D eigenvalue weighted by molar-refractivity contribution is -0.114. The molecule has 176 valence electrons. The predicted molar refractivity (Wildman–Crippen MR) is 124 cm³/mol. The Morgan fingerprint density at radius 2 is 1.94 bits per heavy atom. The van der Waals surface area contributed by atoms with Crippen molar-refractivity contribution < 1.29 is 19.1 Å². The van der Waals surface area contributed by atoms with E-state index < -0.39 is 17.7 Å². The Hall–Kier alpha value is -3.95. The van der Waals surface area contributed by atoms with Gasteiger partial charge in [-0.3, -0.25) is 15.5 Å². The topological polar surface area (TPSA) is 156 Å². The minimum atomic E-state index is -1.04. The van der Waals surface area contributed by atoms with Crippen LogP contribution in [0, 0.1) is 11.3 Å². The molecule has 1 aromatic carbocycles. The van der Waals surface area contributed by atoms with E-state index in [1.165, 1.54) is 18.5 Å². The fourth-order valence-corrected chi connectivity index (χ4v) is 3.23. The number of ether oxygens (including phenoxy) is 2. The van der Waals surface area contributed by atoms with E-state index in [2.05, 4.69) is 30.2 Å². The molecule has 0 spiro atoms. The molecule has 2 heterocycles. The molecule has 0 aliphatic heterocycles. The van der Waals surface area contributed by atoms with Gasteiger partial charge in [-0.1, -0.05) is 23.2 Å². The summed E-state index contributed by atoms with van der Waals surface area (Å²) >= 11 is 12.7. The first-order valence-electron chi connectivity index (χ1n) is 9.81. The molecule has 34 heavy (non-hydrogen) atoms. The van der Waals surface area contributed by atoms with E-state index in [1.807, 2.05) is 23.7 Å². The van der Waals surface area contributed by atoms with E-state index >= 15 is 0 Å². The highest BCUT2D eigenvalue weighted by Crippen LogP contribution is 2.39. The molecule has 0 unspecified atom stereocenters. The number of anilines is 1. The molecule has 0 saturated heterocycles. The number of carbonyl (C=O) groups excluding carboxylic acids is 2. The molecule has 0 bridgehead atoms. The maximum Gasteiger partial charge on any atom is 0.414 e. The maximum atomic E-state index is 11.9. The zero-order valence-electron chi connectivity index (χ0n) is 18.2. The van der Waals surface area contributed by atoms with Crippen LogP contribution in [0.4, 0.5) is 10.5 Å². The number of fused-ring (bicyclic) bond motifs is 1. The largest absolute Gasteiger partial charge is 0.450 e. The Labute approximate surface area is 203 Å². The van der Waals surface area contributed by atoms with Gasteiger partial charge in [-0.25, -0.2) is 14.8 Å². The molecular weight excluding hydrogens is 487 g/mol. The molecule has 2 N–H and O–H groups in total. The van der Waals surface area contributed by atoms with Gasteiger partial charge >= 0.3 is 6.09 Å². The Morgan fingerprint density at radius 1 is 1.24 bits per heavy atom. The van der Waals surface area contributed by atoms with Gasteiger partial charge in [0.15, 0.2) is 16.9 Å². The minimum Gasteiger partial charge on any atom is -0.450 e. The summed E-state index contributed by atoms with van der Waals surface area (Å²) in [7, 11) is 0. The molecule has 0 aliphatic rings. The number of imidazole rings is 1. The van der Waals surface area contributed by atoms with Crippen molar-refractivity contribution >= 4 is 57.8 Å². The molecule has 2 aromatic heterocycles. The van der Waals surface area contributed by atoms with Crippen LogP contribution < -0.4 is 15.5 Å². The first-order valence-corrected chi connectivity index (χ1v) is 10.6. The van der Waals surface area contributed by atoms with E-state index in [0.29, 0.717) is 11.2 Å². The van der Waals surface area contributed by atoms with Crippen molar-refractivity contribution in [1.29, 1.82) is 5.26 Å². The standard InChI is InChI=1S/C20H18Cl2N8O4/c1-4-33-20(32)27-18(31)14(7-23)29-28-11-5-12(21)16(13(22)6-11)34-19-15-17(24-8-25-19)30(9-26-15)10(2)3/h5-6,8-10,28H,4H2,1-3H3,(H,27,31,32). The second-order valence-electron chi connectivity index (χ2n) is 6.83. The third kappa shape index (κ3) is 5.51. The molecular formula is C20H18Cl2N8O4. The van der Waals surface area contributed by atoms with Crippen molar-refractivity contribution in [1.82, 2.24) is 24.8 Å². The Balaban J connectivity index is 1.81. The normalized spacial score (nSPS) is 11.3. The van der Waals surface area contributed by atoms with Gasteiger partial charge in [0, 0.05) is 6.04 Å². The summed E-state index contributed by atoms with van der Waals surface area (Å²) in [6.07, 6.45) is 1.98. The number of aromatic nitrogens is 4. The summed E-state index contributed by atoms with van der Waals surface area (Å²) in [5, 5.41) is 14.9. The number of carbonyl (C=O) groups is 2. The number of alkyl carbamates (subject to hydrolysis) is 1. The van der Waals surface area contributed by atoms with Gasteiger partial charge in [0.1, 0.15) is 12.4 Å². The predicted octanol–water partition coefficient (Wildman–Crippen LogP) is 4.07. The third-order valence-corrected chi connectivity index (χ3v) is 4.75. The molecule has 0 saturated carbocycles. The van der Waals surface area contributed by atoms with Crippen LogP contribution in [-0.2, 0) is 9.53 Å². The molecule has 0 aliphatic carbocycles. The number of hydrogen-bond donors (Lipinski definition) is 2. The van der Waals surface area contributed by atoms with Crippen LogP contribution in [0.3, 0.4) is 0 Å². The number of hydrogen-bond acceptors (Lipinski definition) is 10. The van der Waals surface area contributed by atoms with Crippen LogP contribution >= 0.6 is 23.2 Å². The van der Waals surface area contributed by atoms with Crippen molar-refractivity contribution in [2.24, 2.45) is 5.10 Å². The Kier molecular flexibility index (Phi) is 7.83. The van der Waals surface area contributed by atoms with Crippen LogP contribution in [0.25, 0.3) is 11.2 Å². The second-order valence-corrected chi connectivity index (χ2v) is 7.64. The van der Waals surface area contributed by atoms with Crippen LogP contribution in [0.15, 0.2) is 29.9 Å². The number of nitrogens with one attached hydrogen (secondary N) is 2. The second kappa shape index (κ2) is 10.8. The fraction of sp³-hybridized carbons (Fsp3) is 0.250. The summed E-state index contributed by atoms with van der Waals surface area (Å²) in [4.78, 5) is 35.9. The van der Waals surface area contributed by atoms with E-state index in [4.69, 9.17) is 33.2 Å². The smallest absolute Gasteiger partial charge is 0.414 e. The number of nitriles is 1. The highest BCUT2D eigenvalue weighted by molar-refractivity contribution is 6.47. The third-order valence-electron chi connectivity index (χ3n) is 4.19. The number of hydrazone groups is 1. The number of benzene rings is 1. The molecule has 0 atom stereocenters. The van der Waals surface area contributed by atoms with Crippen molar-refractivity contribution in [2.45, 2.75) is 26.8 Å². The summed E-state index contributed by atoms with van der Waals surface area (Å²) in [6, 6.07) is 4.53. The van der Waals surface area contributed by atoms with Gasteiger partial charge in [-0.05, 0) is 32.9 Å². The monoisotopic (exact) mass is 504 g/mol. The average Bonchev–Trinajstić information content (AvgIpc) is 3.22. The highest BCUT2D eigenvalue weighted by atomic mass is 35.5. The van der Waals surface area contributed by atoms with Gasteiger partial charge in [-0.2, -0.15) is 15.3 Å². The number of nitrogens with zero attached hydrogens (tertiary/aromatic N) is 6. The molecule has 0 radical (unpaired) electrons. The van der Waals surface area contributed by atoms with Gasteiger partial charge < -0.3 is 14.0 Å². The molecule has 2 amide bonds. The SMILES string of the molecule is CCOC(=O)NC(=O)C(C#N)=NNc1cc(Cl)c(Oc2ncnc3c2ncn3C(C)C)c(Cl)c1. The molecule has 3 rings (SSSR count). The van der Waals surface area contributed by atoms with Gasteiger partial charge in [-0.15, -0.1) is 0 Å². The van der Waals surface area contributed by atoms with Crippen LogP contribution in [0.1, 0.15) is 26.8 Å². The van der Waals surface area contributed by atoms with Crippen molar-refractivity contribution in [2.75, 3.05) is 12.0 Å². The van der Waals surface area contributed by atoms with Crippen LogP contribution in [0.2, 0.25) is 10.0 Å². The number of halogens is 2. The first kappa shape index (κ1) is 24.7. The molecule has 14 heteroatoms. The first-order chi connectivity index (χ1) is 16.2. The zero-order chi connectivity index (χ0) is 24.8. The van der Waals surface area contributed by atoms with Gasteiger partial charge in [0.05, 0.1) is 28.7 Å². The summed E-state index contributed by atoms with van der Waals surface area (Å²) in [6.45, 7) is 5.60. The Morgan fingerprint density at radius 3 is 2.56 bits per heavy atom. The highest BCUT2D eigenvalue weighted by Gasteiger charge is 2.18. The van der Waals surface area contributed by atoms with Crippen LogP contribution in [0.5, 0.6) is 11.6 Å². The lowest BCUT2D eigenvalue weighted by atomic mass is 10.3. The Bertz CT molecular complexity index is 1290. The van der Waals surface area contributed by atoms with Crippen molar-refractivity contribution in [3.63, 3.8) is 0 Å². The molecule has 3 aromatic rings. The van der Waals surface area contributed by atoms with Crippen molar-refractivity contribution in [3.8, 4) is 17.7 Å². The van der Waals surface area contributed by atoms with E-state index in [1.54, 1.807) is 19.3 Å². The van der Waals surface area contributed by atoms with E-state index in [0.717, 1.165) is 0 Å². The quantitative estimate of drug-likeness (QED) is 0.357. The zero-order valence-corrected chi connectivity index (χ0v) is 19.7. The number of imide groups is 1. The fourth-order valence-electron chi connectivity index (χ4n) is 2.67. The van der Waals surface area contributed by atoms with Gasteiger partial charge in [0.25, 0.3) is 11.8 Å². The van der Waals surface area contributed by atoms with Gasteiger partial charge in [0.2, 0.25) is 5.71 Å². The van der Waals surface area contributed by atoms with Crippen molar-refractivity contribution in [3.05, 3.63) is 34.8 Å². The van der Waals surface area contributed by atoms with Crippen LogP contribution in [-0.4, -0.2) is 43.8 Å². The molecule has 0 fully saturated rings. The summed E-state index contributed by atoms with van der Waals surface area (Å²) in [5.74, 6) is -0.772. The summed E-state index contributed by atoms with van der Waals surface area (Å²) < 4.78 is 12.3. The maximum absolute atomic E-state index is 11.9. The van der Waals surface area contributed by atoms with E-state index in [-0.39, 0.29) is 40.0 Å². The lowest BCUT2D eigenvalue weighted by Crippen LogP contribution is -2.36. The molecule has 12 nitrogen and oxygen atoms in total. The average molecular weight is 505 g/mol. The van der Waals surface area contributed by atoms with E-state index in [9.17, 15) is 9.59 Å². The number of amides is 2. The summed E-state index contributed by atoms with van der Waals surface area (Å²) in [5.41, 5.74) is 3.13. The number of rotatable bonds is 7. The minimum absolute atomic E-state index is 0.0575. The lowest BCUT2D eigenvalue weighted by Gasteiger charge is -2.11.